The van der Waals surface area contributed by atoms with Crippen LogP contribution in [0.1, 0.15) is 41.7 Å². The summed E-state index contributed by atoms with van der Waals surface area (Å²) in [6.07, 6.45) is 1.46. The molecule has 4 nitrogen and oxygen atoms in total. The minimum absolute atomic E-state index is 0.128. The molecule has 0 saturated carbocycles. The van der Waals surface area contributed by atoms with Crippen LogP contribution in [0.2, 0.25) is 10.0 Å². The molecule has 2 aromatic rings. The van der Waals surface area contributed by atoms with Crippen LogP contribution in [-0.2, 0) is 4.79 Å². The predicted molar refractivity (Wildman–Crippen MR) is 100 cm³/mol. The van der Waals surface area contributed by atoms with E-state index in [1.807, 2.05) is 6.92 Å². The lowest BCUT2D eigenvalue weighted by molar-refractivity contribution is -0.117. The molecule has 1 atom stereocenters. The van der Waals surface area contributed by atoms with E-state index in [2.05, 4.69) is 5.32 Å². The Hall–Kier alpha value is -2.04. The van der Waals surface area contributed by atoms with Gasteiger partial charge in [0.05, 0.1) is 6.04 Å². The summed E-state index contributed by atoms with van der Waals surface area (Å²) in [5, 5.41) is 4.00. The lowest BCUT2D eigenvalue weighted by Crippen LogP contribution is -2.27. The molecule has 0 radical (unpaired) electrons. The van der Waals surface area contributed by atoms with Crippen molar-refractivity contribution in [2.75, 3.05) is 11.4 Å². The van der Waals surface area contributed by atoms with Crippen molar-refractivity contribution < 1.29 is 9.59 Å². The van der Waals surface area contributed by atoms with Gasteiger partial charge < -0.3 is 10.2 Å². The van der Waals surface area contributed by atoms with Gasteiger partial charge in [0.15, 0.2) is 0 Å². The first-order valence-electron chi connectivity index (χ1n) is 8.12. The first-order valence-corrected chi connectivity index (χ1v) is 8.87. The number of amides is 2. The Morgan fingerprint density at radius 3 is 2.48 bits per heavy atom. The fourth-order valence-corrected chi connectivity index (χ4v) is 3.50. The van der Waals surface area contributed by atoms with E-state index in [9.17, 15) is 9.59 Å². The van der Waals surface area contributed by atoms with Crippen molar-refractivity contribution in [1.82, 2.24) is 5.32 Å². The van der Waals surface area contributed by atoms with Gasteiger partial charge in [-0.3, -0.25) is 9.59 Å². The first-order chi connectivity index (χ1) is 12.0. The third-order valence-electron chi connectivity index (χ3n) is 4.29. The van der Waals surface area contributed by atoms with Gasteiger partial charge in [-0.05, 0) is 55.3 Å². The SMILES string of the molecule is C[C@@H](NC(=O)c1ccc(N2CCCC2=O)cc1)c1ccc(Cl)cc1Cl. The Kier molecular flexibility index (Phi) is 5.30. The van der Waals surface area contributed by atoms with Gasteiger partial charge in [0, 0.05) is 34.3 Å². The molecule has 0 unspecified atom stereocenters. The lowest BCUT2D eigenvalue weighted by atomic mass is 10.1. The fourth-order valence-electron chi connectivity index (χ4n) is 2.92. The Morgan fingerprint density at radius 1 is 1.16 bits per heavy atom. The number of nitrogens with zero attached hydrogens (tertiary/aromatic N) is 1. The van der Waals surface area contributed by atoms with Crippen molar-refractivity contribution in [2.45, 2.75) is 25.8 Å². The third kappa shape index (κ3) is 3.97. The van der Waals surface area contributed by atoms with Gasteiger partial charge in [0.25, 0.3) is 5.91 Å². The molecule has 1 N–H and O–H groups in total. The van der Waals surface area contributed by atoms with Crippen molar-refractivity contribution in [2.24, 2.45) is 0 Å². The minimum atomic E-state index is -0.253. The van der Waals surface area contributed by atoms with Crippen molar-refractivity contribution in [1.29, 1.82) is 0 Å². The van der Waals surface area contributed by atoms with Crippen LogP contribution >= 0.6 is 23.2 Å². The maximum Gasteiger partial charge on any atom is 0.251 e. The molecule has 1 aliphatic heterocycles. The molecule has 3 rings (SSSR count). The van der Waals surface area contributed by atoms with Gasteiger partial charge >= 0.3 is 0 Å². The van der Waals surface area contributed by atoms with E-state index >= 15 is 0 Å². The van der Waals surface area contributed by atoms with Crippen LogP contribution in [0.5, 0.6) is 0 Å². The molecule has 0 spiro atoms. The molecule has 1 fully saturated rings. The van der Waals surface area contributed by atoms with E-state index in [1.165, 1.54) is 0 Å². The number of nitrogens with one attached hydrogen (secondary N) is 1. The summed E-state index contributed by atoms with van der Waals surface area (Å²) < 4.78 is 0. The topological polar surface area (TPSA) is 49.4 Å². The van der Waals surface area contributed by atoms with Gasteiger partial charge in [-0.1, -0.05) is 29.3 Å². The zero-order chi connectivity index (χ0) is 18.0. The minimum Gasteiger partial charge on any atom is -0.345 e. The van der Waals surface area contributed by atoms with E-state index in [-0.39, 0.29) is 17.9 Å². The molecule has 1 saturated heterocycles. The summed E-state index contributed by atoms with van der Waals surface area (Å²) in [6, 6.07) is 12.0. The quantitative estimate of drug-likeness (QED) is 0.846. The van der Waals surface area contributed by atoms with Gasteiger partial charge in [-0.2, -0.15) is 0 Å². The normalized spacial score (nSPS) is 15.3. The van der Waals surface area contributed by atoms with Crippen molar-refractivity contribution >= 4 is 40.7 Å². The predicted octanol–water partition coefficient (Wildman–Crippen LogP) is 4.61. The van der Waals surface area contributed by atoms with E-state index in [1.54, 1.807) is 47.4 Å². The maximum atomic E-state index is 12.4. The molecule has 2 amide bonds. The highest BCUT2D eigenvalue weighted by Gasteiger charge is 2.22. The van der Waals surface area contributed by atoms with Gasteiger partial charge in [0.1, 0.15) is 0 Å². The van der Waals surface area contributed by atoms with Crippen molar-refractivity contribution in [3.63, 3.8) is 0 Å². The van der Waals surface area contributed by atoms with Crippen LogP contribution in [0.25, 0.3) is 0 Å². The van der Waals surface area contributed by atoms with Crippen LogP contribution in [0.4, 0.5) is 5.69 Å². The molecule has 6 heteroatoms. The second-order valence-corrected chi connectivity index (χ2v) is 6.90. The summed E-state index contributed by atoms with van der Waals surface area (Å²) in [5.74, 6) is -0.0685. The first kappa shape index (κ1) is 17.8. The largest absolute Gasteiger partial charge is 0.345 e. The highest BCUT2D eigenvalue weighted by molar-refractivity contribution is 6.35. The number of halogens is 2. The Bertz CT molecular complexity index is 806. The zero-order valence-electron chi connectivity index (χ0n) is 13.8. The average Bonchev–Trinajstić information content (AvgIpc) is 3.00. The van der Waals surface area contributed by atoms with E-state index < -0.39 is 0 Å². The second-order valence-electron chi connectivity index (χ2n) is 6.06. The number of carbonyl (C=O) groups is 2. The van der Waals surface area contributed by atoms with Crippen LogP contribution in [-0.4, -0.2) is 18.4 Å². The van der Waals surface area contributed by atoms with Crippen molar-refractivity contribution in [3.8, 4) is 0 Å². The van der Waals surface area contributed by atoms with E-state index in [0.717, 1.165) is 24.2 Å². The fraction of sp³-hybridized carbons (Fsp3) is 0.263. The summed E-state index contributed by atoms with van der Waals surface area (Å²) in [7, 11) is 0. The van der Waals surface area contributed by atoms with E-state index in [4.69, 9.17) is 23.2 Å². The molecule has 2 aromatic carbocycles. The Balaban J connectivity index is 1.69. The average molecular weight is 377 g/mol. The summed E-state index contributed by atoms with van der Waals surface area (Å²) in [5.41, 5.74) is 2.17. The summed E-state index contributed by atoms with van der Waals surface area (Å²) in [6.45, 7) is 2.60. The Morgan fingerprint density at radius 2 is 1.88 bits per heavy atom. The number of carbonyl (C=O) groups excluding carboxylic acids is 2. The number of anilines is 1. The molecule has 0 bridgehead atoms. The monoisotopic (exact) mass is 376 g/mol. The molecule has 0 aromatic heterocycles. The molecule has 130 valence electrons. The van der Waals surface area contributed by atoms with Crippen LogP contribution in [0.15, 0.2) is 42.5 Å². The molecule has 1 aliphatic rings. The molecule has 1 heterocycles. The van der Waals surface area contributed by atoms with Gasteiger partial charge in [0.2, 0.25) is 5.91 Å². The van der Waals surface area contributed by atoms with Crippen LogP contribution in [0.3, 0.4) is 0 Å². The van der Waals surface area contributed by atoms with Crippen LogP contribution < -0.4 is 10.2 Å². The molecule has 25 heavy (non-hydrogen) atoms. The standard InChI is InChI=1S/C19H18Cl2N2O2/c1-12(16-9-6-14(20)11-17(16)21)22-19(25)13-4-7-15(8-5-13)23-10-2-3-18(23)24/h4-9,11-12H,2-3,10H2,1H3,(H,22,25)/t12-/m1/s1. The number of rotatable bonds is 4. The van der Waals surface area contributed by atoms with Crippen LogP contribution in [0, 0.1) is 0 Å². The van der Waals surface area contributed by atoms with Gasteiger partial charge in [-0.25, -0.2) is 0 Å². The molecule has 0 aliphatic carbocycles. The highest BCUT2D eigenvalue weighted by Crippen LogP contribution is 2.26. The summed E-state index contributed by atoms with van der Waals surface area (Å²) in [4.78, 5) is 26.0. The number of hydrogen-bond acceptors (Lipinski definition) is 2. The lowest BCUT2D eigenvalue weighted by Gasteiger charge is -2.18. The second kappa shape index (κ2) is 7.46. The van der Waals surface area contributed by atoms with Gasteiger partial charge in [-0.15, -0.1) is 0 Å². The summed E-state index contributed by atoms with van der Waals surface area (Å²) >= 11 is 12.1. The Labute approximate surface area is 156 Å². The zero-order valence-corrected chi connectivity index (χ0v) is 15.3. The number of benzene rings is 2. The third-order valence-corrected chi connectivity index (χ3v) is 4.85. The molecular weight excluding hydrogens is 359 g/mol. The number of hydrogen-bond donors (Lipinski definition) is 1. The highest BCUT2D eigenvalue weighted by atomic mass is 35.5. The smallest absolute Gasteiger partial charge is 0.251 e. The van der Waals surface area contributed by atoms with E-state index in [0.29, 0.717) is 22.0 Å². The maximum absolute atomic E-state index is 12.4. The van der Waals surface area contributed by atoms with Crippen molar-refractivity contribution in [3.05, 3.63) is 63.6 Å². The molecular formula is C19H18Cl2N2O2.